The third-order valence-electron chi connectivity index (χ3n) is 2.92. The van der Waals surface area contributed by atoms with Crippen molar-refractivity contribution >= 4 is 17.3 Å². The molecule has 0 saturated heterocycles. The molecule has 0 bridgehead atoms. The van der Waals surface area contributed by atoms with Gasteiger partial charge in [0, 0.05) is 18.3 Å². The van der Waals surface area contributed by atoms with Gasteiger partial charge in [-0.3, -0.25) is 4.79 Å². The number of hydrogen-bond donors (Lipinski definition) is 1. The molecule has 0 unspecified atom stereocenters. The lowest BCUT2D eigenvalue weighted by atomic mass is 9.86. The van der Waals surface area contributed by atoms with E-state index >= 15 is 0 Å². The van der Waals surface area contributed by atoms with Gasteiger partial charge in [0.15, 0.2) is 0 Å². The molecule has 0 aromatic heterocycles. The van der Waals surface area contributed by atoms with Crippen LogP contribution >= 0.6 is 0 Å². The van der Waals surface area contributed by atoms with Crippen LogP contribution in [-0.2, 0) is 10.2 Å². The largest absolute Gasteiger partial charge is 0.399 e. The SMILES string of the molecule is CN1C(=O)C(C)(C)c2c(F)cc(N)cc21. The summed E-state index contributed by atoms with van der Waals surface area (Å²) in [5, 5.41) is 0. The lowest BCUT2D eigenvalue weighted by Crippen LogP contribution is -2.33. The second-order valence-corrected chi connectivity index (χ2v) is 4.39. The van der Waals surface area contributed by atoms with Crippen LogP contribution < -0.4 is 10.6 Å². The normalized spacial score (nSPS) is 18.1. The summed E-state index contributed by atoms with van der Waals surface area (Å²) in [6.07, 6.45) is 0. The summed E-state index contributed by atoms with van der Waals surface area (Å²) in [7, 11) is 1.63. The monoisotopic (exact) mass is 208 g/mol. The minimum absolute atomic E-state index is 0.109. The Morgan fingerprint density at radius 1 is 1.40 bits per heavy atom. The molecule has 1 amide bonds. The first-order chi connectivity index (χ1) is 6.85. The van der Waals surface area contributed by atoms with Gasteiger partial charge in [0.2, 0.25) is 5.91 Å². The van der Waals surface area contributed by atoms with E-state index in [1.165, 1.54) is 11.0 Å². The number of fused-ring (bicyclic) bond motifs is 1. The molecule has 4 heteroatoms. The highest BCUT2D eigenvalue weighted by Gasteiger charge is 2.44. The third-order valence-corrected chi connectivity index (χ3v) is 2.92. The molecule has 0 saturated carbocycles. The Hall–Kier alpha value is -1.58. The van der Waals surface area contributed by atoms with Gasteiger partial charge in [0.1, 0.15) is 5.82 Å². The summed E-state index contributed by atoms with van der Waals surface area (Å²) in [5.41, 5.74) is 6.09. The van der Waals surface area contributed by atoms with Gasteiger partial charge in [-0.05, 0) is 26.0 Å². The lowest BCUT2D eigenvalue weighted by molar-refractivity contribution is -0.121. The highest BCUT2D eigenvalue weighted by Crippen LogP contribution is 2.43. The number of nitrogens with zero attached hydrogens (tertiary/aromatic N) is 1. The van der Waals surface area contributed by atoms with Crippen LogP contribution in [0.5, 0.6) is 0 Å². The first-order valence-corrected chi connectivity index (χ1v) is 4.73. The van der Waals surface area contributed by atoms with E-state index in [-0.39, 0.29) is 5.91 Å². The molecule has 1 heterocycles. The van der Waals surface area contributed by atoms with Crippen molar-refractivity contribution in [3.05, 3.63) is 23.5 Å². The third kappa shape index (κ3) is 1.14. The first kappa shape index (κ1) is 9.96. The molecular formula is C11H13FN2O. The Kier molecular flexibility index (Phi) is 1.80. The molecule has 1 aromatic carbocycles. The zero-order valence-corrected chi connectivity index (χ0v) is 8.97. The maximum absolute atomic E-state index is 13.7. The van der Waals surface area contributed by atoms with Crippen LogP contribution in [0.2, 0.25) is 0 Å². The van der Waals surface area contributed by atoms with Gasteiger partial charge in [0.25, 0.3) is 0 Å². The molecule has 2 rings (SSSR count). The van der Waals surface area contributed by atoms with Crippen LogP contribution in [0.4, 0.5) is 15.8 Å². The highest BCUT2D eigenvalue weighted by atomic mass is 19.1. The molecule has 0 fully saturated rings. The molecule has 15 heavy (non-hydrogen) atoms. The Morgan fingerprint density at radius 2 is 2.00 bits per heavy atom. The fraction of sp³-hybridized carbons (Fsp3) is 0.364. The predicted molar refractivity (Wildman–Crippen MR) is 57.2 cm³/mol. The number of nitrogens with two attached hydrogens (primary N) is 1. The van der Waals surface area contributed by atoms with E-state index in [0.29, 0.717) is 16.9 Å². The molecule has 1 aromatic rings. The smallest absolute Gasteiger partial charge is 0.237 e. The summed E-state index contributed by atoms with van der Waals surface area (Å²) in [5.74, 6) is -0.519. The van der Waals surface area contributed by atoms with E-state index in [1.807, 2.05) is 0 Å². The lowest BCUT2D eigenvalue weighted by Gasteiger charge is -2.16. The van der Waals surface area contributed by atoms with Gasteiger partial charge in [-0.25, -0.2) is 4.39 Å². The van der Waals surface area contributed by atoms with Crippen molar-refractivity contribution in [1.82, 2.24) is 0 Å². The summed E-state index contributed by atoms with van der Waals surface area (Å²) in [6, 6.07) is 2.89. The first-order valence-electron chi connectivity index (χ1n) is 4.73. The number of hydrogen-bond acceptors (Lipinski definition) is 2. The molecule has 0 radical (unpaired) electrons. The van der Waals surface area contributed by atoms with Gasteiger partial charge in [-0.2, -0.15) is 0 Å². The van der Waals surface area contributed by atoms with Crippen molar-refractivity contribution < 1.29 is 9.18 Å². The maximum atomic E-state index is 13.7. The van der Waals surface area contributed by atoms with Gasteiger partial charge < -0.3 is 10.6 Å². The zero-order chi connectivity index (χ0) is 11.4. The van der Waals surface area contributed by atoms with Crippen molar-refractivity contribution in [2.24, 2.45) is 0 Å². The number of likely N-dealkylation sites (N-methyl/N-ethyl adjacent to an activating group) is 1. The van der Waals surface area contributed by atoms with E-state index in [9.17, 15) is 9.18 Å². The summed E-state index contributed by atoms with van der Waals surface area (Å²) in [4.78, 5) is 13.3. The van der Waals surface area contributed by atoms with Crippen molar-refractivity contribution in [1.29, 1.82) is 0 Å². The van der Waals surface area contributed by atoms with Crippen molar-refractivity contribution in [2.75, 3.05) is 17.7 Å². The van der Waals surface area contributed by atoms with Crippen molar-refractivity contribution in [3.63, 3.8) is 0 Å². The van der Waals surface area contributed by atoms with E-state index in [4.69, 9.17) is 5.73 Å². The number of anilines is 2. The van der Waals surface area contributed by atoms with E-state index in [2.05, 4.69) is 0 Å². The average Bonchev–Trinajstić information content (AvgIpc) is 2.27. The minimum Gasteiger partial charge on any atom is -0.399 e. The highest BCUT2D eigenvalue weighted by molar-refractivity contribution is 6.07. The number of rotatable bonds is 0. The Labute approximate surface area is 87.7 Å². The van der Waals surface area contributed by atoms with Crippen LogP contribution in [0, 0.1) is 5.82 Å². The van der Waals surface area contributed by atoms with Crippen molar-refractivity contribution in [2.45, 2.75) is 19.3 Å². The zero-order valence-electron chi connectivity index (χ0n) is 8.97. The number of halogens is 1. The van der Waals surface area contributed by atoms with Crippen molar-refractivity contribution in [3.8, 4) is 0 Å². The molecule has 0 aliphatic carbocycles. The Bertz CT molecular complexity index is 454. The molecule has 2 N–H and O–H groups in total. The number of amides is 1. The Morgan fingerprint density at radius 3 is 2.60 bits per heavy atom. The fourth-order valence-electron chi connectivity index (χ4n) is 2.13. The second-order valence-electron chi connectivity index (χ2n) is 4.39. The number of carbonyl (C=O) groups excluding carboxylic acids is 1. The van der Waals surface area contributed by atoms with Gasteiger partial charge >= 0.3 is 0 Å². The molecular weight excluding hydrogens is 195 g/mol. The van der Waals surface area contributed by atoms with E-state index in [0.717, 1.165) is 0 Å². The minimum atomic E-state index is -0.804. The van der Waals surface area contributed by atoms with Crippen LogP contribution in [-0.4, -0.2) is 13.0 Å². The summed E-state index contributed by atoms with van der Waals surface area (Å²) in [6.45, 7) is 3.44. The summed E-state index contributed by atoms with van der Waals surface area (Å²) >= 11 is 0. The van der Waals surface area contributed by atoms with Crippen LogP contribution in [0.15, 0.2) is 12.1 Å². The molecule has 80 valence electrons. The number of nitrogen functional groups attached to an aromatic ring is 1. The Balaban J connectivity index is 2.77. The maximum Gasteiger partial charge on any atom is 0.237 e. The van der Waals surface area contributed by atoms with E-state index in [1.54, 1.807) is 27.0 Å². The molecule has 0 atom stereocenters. The second kappa shape index (κ2) is 2.72. The molecule has 1 aliphatic rings. The average molecular weight is 208 g/mol. The van der Waals surface area contributed by atoms with E-state index < -0.39 is 11.2 Å². The predicted octanol–water partition coefficient (Wildman–Crippen LogP) is 1.66. The fourth-order valence-corrected chi connectivity index (χ4v) is 2.13. The molecule has 1 aliphatic heterocycles. The van der Waals surface area contributed by atoms with Crippen LogP contribution in [0.25, 0.3) is 0 Å². The quantitative estimate of drug-likeness (QED) is 0.659. The summed E-state index contributed by atoms with van der Waals surface area (Å²) < 4.78 is 13.7. The molecule has 3 nitrogen and oxygen atoms in total. The number of benzene rings is 1. The number of carbonyl (C=O) groups is 1. The molecule has 0 spiro atoms. The standard InChI is InChI=1S/C11H13FN2O/c1-11(2)9-7(12)4-6(13)5-8(9)14(3)10(11)15/h4-5H,13H2,1-3H3. The van der Waals surface area contributed by atoms with Gasteiger partial charge in [-0.1, -0.05) is 0 Å². The van der Waals surface area contributed by atoms with Gasteiger partial charge in [0.05, 0.1) is 11.1 Å². The topological polar surface area (TPSA) is 46.3 Å². The van der Waals surface area contributed by atoms with Crippen LogP contribution in [0.1, 0.15) is 19.4 Å². The van der Waals surface area contributed by atoms with Crippen LogP contribution in [0.3, 0.4) is 0 Å². The van der Waals surface area contributed by atoms with Gasteiger partial charge in [-0.15, -0.1) is 0 Å².